The summed E-state index contributed by atoms with van der Waals surface area (Å²) in [5.74, 6) is 1.28. The highest BCUT2D eigenvalue weighted by Crippen LogP contribution is 2.28. The molecule has 0 spiro atoms. The Hall–Kier alpha value is -1.66. The predicted octanol–water partition coefficient (Wildman–Crippen LogP) is 2.37. The van der Waals surface area contributed by atoms with Gasteiger partial charge in [0.15, 0.2) is 11.7 Å². The third kappa shape index (κ3) is 4.68. The molecule has 0 atom stereocenters. The lowest BCUT2D eigenvalue weighted by Crippen LogP contribution is -2.30. The molecule has 1 heterocycles. The summed E-state index contributed by atoms with van der Waals surface area (Å²) in [6.07, 6.45) is 2.56. The highest BCUT2D eigenvalue weighted by Gasteiger charge is 2.10. The van der Waals surface area contributed by atoms with E-state index >= 15 is 0 Å². The third-order valence-electron chi connectivity index (χ3n) is 2.96. The average molecular weight is 352 g/mol. The maximum atomic E-state index is 11.6. The van der Waals surface area contributed by atoms with Gasteiger partial charge in [-0.05, 0) is 13.1 Å². The van der Waals surface area contributed by atoms with Gasteiger partial charge in [-0.3, -0.25) is 4.79 Å². The van der Waals surface area contributed by atoms with Crippen molar-refractivity contribution in [1.82, 2.24) is 15.6 Å². The molecule has 5 nitrogen and oxygen atoms in total. The van der Waals surface area contributed by atoms with Crippen molar-refractivity contribution in [2.75, 3.05) is 20.1 Å². The van der Waals surface area contributed by atoms with Crippen LogP contribution >= 0.6 is 15.9 Å². The smallest absolute Gasteiger partial charge is 0.220 e. The fourth-order valence-corrected chi connectivity index (χ4v) is 2.33. The van der Waals surface area contributed by atoms with E-state index in [0.29, 0.717) is 31.0 Å². The van der Waals surface area contributed by atoms with Crippen LogP contribution in [0, 0.1) is 0 Å². The van der Waals surface area contributed by atoms with Gasteiger partial charge in [-0.2, -0.15) is 0 Å². The number of likely N-dealkylation sites (N-methyl/N-ethyl adjacent to an activating group) is 1. The van der Waals surface area contributed by atoms with Crippen LogP contribution in [-0.4, -0.2) is 31.0 Å². The third-order valence-corrected chi connectivity index (χ3v) is 3.65. The van der Waals surface area contributed by atoms with Gasteiger partial charge in [-0.1, -0.05) is 34.1 Å². The van der Waals surface area contributed by atoms with E-state index < -0.39 is 0 Å². The van der Waals surface area contributed by atoms with Gasteiger partial charge in [-0.25, -0.2) is 4.98 Å². The first-order chi connectivity index (χ1) is 10.2. The molecule has 1 amide bonds. The van der Waals surface area contributed by atoms with Crippen LogP contribution in [0.3, 0.4) is 0 Å². The summed E-state index contributed by atoms with van der Waals surface area (Å²) in [6.45, 7) is 1.39. The number of aryl methyl sites for hydroxylation is 1. The summed E-state index contributed by atoms with van der Waals surface area (Å²) in [5.41, 5.74) is 0.953. The molecular weight excluding hydrogens is 334 g/mol. The van der Waals surface area contributed by atoms with Crippen molar-refractivity contribution in [2.45, 2.75) is 12.8 Å². The van der Waals surface area contributed by atoms with Crippen LogP contribution < -0.4 is 10.6 Å². The molecular formula is C15H18BrN3O2. The monoisotopic (exact) mass is 351 g/mol. The van der Waals surface area contributed by atoms with E-state index in [4.69, 9.17) is 4.42 Å². The number of halogens is 1. The largest absolute Gasteiger partial charge is 0.441 e. The number of carbonyl (C=O) groups excluding carboxylic acids is 1. The molecule has 2 rings (SSSR count). The lowest BCUT2D eigenvalue weighted by molar-refractivity contribution is -0.121. The van der Waals surface area contributed by atoms with E-state index in [9.17, 15) is 4.79 Å². The van der Waals surface area contributed by atoms with Crippen molar-refractivity contribution in [3.63, 3.8) is 0 Å². The second kappa shape index (κ2) is 7.95. The number of benzene rings is 1. The molecule has 0 aliphatic rings. The quantitative estimate of drug-likeness (QED) is 0.751. The van der Waals surface area contributed by atoms with Crippen LogP contribution in [-0.2, 0) is 11.2 Å². The number of nitrogens with zero attached hydrogens (tertiary/aromatic N) is 1. The highest BCUT2D eigenvalue weighted by atomic mass is 79.9. The topological polar surface area (TPSA) is 67.2 Å². The first kappa shape index (κ1) is 15.7. The molecule has 6 heteroatoms. The van der Waals surface area contributed by atoms with Crippen molar-refractivity contribution >= 4 is 21.8 Å². The van der Waals surface area contributed by atoms with E-state index in [1.807, 2.05) is 31.3 Å². The van der Waals surface area contributed by atoms with Crippen LogP contribution in [0.2, 0.25) is 0 Å². The summed E-state index contributed by atoms with van der Waals surface area (Å²) >= 11 is 3.48. The van der Waals surface area contributed by atoms with Crippen molar-refractivity contribution < 1.29 is 9.21 Å². The lowest BCUT2D eigenvalue weighted by atomic mass is 10.2. The maximum Gasteiger partial charge on any atom is 0.220 e. The predicted molar refractivity (Wildman–Crippen MR) is 84.9 cm³/mol. The molecule has 0 aliphatic carbocycles. The Morgan fingerprint density at radius 2 is 2.14 bits per heavy atom. The van der Waals surface area contributed by atoms with E-state index in [1.165, 1.54) is 0 Å². The Kier molecular flexibility index (Phi) is 5.95. The van der Waals surface area contributed by atoms with Gasteiger partial charge in [0.2, 0.25) is 5.91 Å². The number of rotatable bonds is 7. The summed E-state index contributed by atoms with van der Waals surface area (Å²) in [5, 5.41) is 5.80. The van der Waals surface area contributed by atoms with Crippen LogP contribution in [0.4, 0.5) is 0 Å². The van der Waals surface area contributed by atoms with Crippen molar-refractivity contribution in [3.05, 3.63) is 40.8 Å². The van der Waals surface area contributed by atoms with Crippen LogP contribution in [0.15, 0.2) is 39.4 Å². The number of oxazole rings is 1. The average Bonchev–Trinajstić information content (AvgIpc) is 2.94. The molecule has 0 radical (unpaired) electrons. The summed E-state index contributed by atoms with van der Waals surface area (Å²) in [4.78, 5) is 15.8. The zero-order chi connectivity index (χ0) is 15.1. The van der Waals surface area contributed by atoms with E-state index in [0.717, 1.165) is 16.6 Å². The number of hydrogen-bond donors (Lipinski definition) is 2. The molecule has 21 heavy (non-hydrogen) atoms. The Morgan fingerprint density at radius 1 is 1.33 bits per heavy atom. The number of hydrogen-bond acceptors (Lipinski definition) is 4. The first-order valence-corrected chi connectivity index (χ1v) is 7.61. The fraction of sp³-hybridized carbons (Fsp3) is 0.333. The standard InChI is InChI=1S/C15H18BrN3O2/c1-17-8-9-18-14(20)6-7-15-19-10-13(21-15)11-4-2-3-5-12(11)16/h2-5,10,17H,6-9H2,1H3,(H,18,20). The molecule has 0 aliphatic heterocycles. The molecule has 0 saturated carbocycles. The molecule has 0 saturated heterocycles. The Morgan fingerprint density at radius 3 is 2.90 bits per heavy atom. The molecule has 112 valence electrons. The van der Waals surface area contributed by atoms with Gasteiger partial charge in [0.1, 0.15) is 0 Å². The second-order valence-electron chi connectivity index (χ2n) is 4.55. The van der Waals surface area contributed by atoms with Gasteiger partial charge in [-0.15, -0.1) is 0 Å². The normalized spacial score (nSPS) is 10.6. The van der Waals surface area contributed by atoms with E-state index in [1.54, 1.807) is 6.20 Å². The van der Waals surface area contributed by atoms with Crippen LogP contribution in [0.5, 0.6) is 0 Å². The first-order valence-electron chi connectivity index (χ1n) is 6.81. The Balaban J connectivity index is 1.89. The maximum absolute atomic E-state index is 11.6. The minimum Gasteiger partial charge on any atom is -0.441 e. The molecule has 0 fully saturated rings. The van der Waals surface area contributed by atoms with Gasteiger partial charge < -0.3 is 15.1 Å². The molecule has 2 N–H and O–H groups in total. The molecule has 0 unspecified atom stereocenters. The SMILES string of the molecule is CNCCNC(=O)CCc1ncc(-c2ccccc2Br)o1. The fourth-order valence-electron chi connectivity index (χ4n) is 1.85. The summed E-state index contributed by atoms with van der Waals surface area (Å²) in [6, 6.07) is 7.80. The number of aromatic nitrogens is 1. The highest BCUT2D eigenvalue weighted by molar-refractivity contribution is 9.10. The minimum atomic E-state index is 0.00546. The lowest BCUT2D eigenvalue weighted by Gasteiger charge is -2.03. The van der Waals surface area contributed by atoms with Crippen molar-refractivity contribution in [1.29, 1.82) is 0 Å². The molecule has 1 aromatic heterocycles. The van der Waals surface area contributed by atoms with Crippen LogP contribution in [0.1, 0.15) is 12.3 Å². The van der Waals surface area contributed by atoms with Crippen LogP contribution in [0.25, 0.3) is 11.3 Å². The minimum absolute atomic E-state index is 0.00546. The zero-order valence-electron chi connectivity index (χ0n) is 11.9. The zero-order valence-corrected chi connectivity index (χ0v) is 13.4. The van der Waals surface area contributed by atoms with Gasteiger partial charge in [0.05, 0.1) is 6.20 Å². The summed E-state index contributed by atoms with van der Waals surface area (Å²) in [7, 11) is 1.85. The van der Waals surface area contributed by atoms with E-state index in [-0.39, 0.29) is 5.91 Å². The van der Waals surface area contributed by atoms with Gasteiger partial charge in [0, 0.05) is 36.0 Å². The summed E-state index contributed by atoms with van der Waals surface area (Å²) < 4.78 is 6.65. The Labute approximate surface area is 132 Å². The molecule has 1 aromatic carbocycles. The molecule has 2 aromatic rings. The second-order valence-corrected chi connectivity index (χ2v) is 5.41. The Bertz CT molecular complexity index is 598. The number of nitrogens with one attached hydrogen (secondary N) is 2. The number of carbonyl (C=O) groups is 1. The van der Waals surface area contributed by atoms with E-state index in [2.05, 4.69) is 31.5 Å². The van der Waals surface area contributed by atoms with Crippen molar-refractivity contribution in [3.8, 4) is 11.3 Å². The van der Waals surface area contributed by atoms with Gasteiger partial charge >= 0.3 is 0 Å². The van der Waals surface area contributed by atoms with Crippen molar-refractivity contribution in [2.24, 2.45) is 0 Å². The number of amides is 1. The molecule has 0 bridgehead atoms. The van der Waals surface area contributed by atoms with Gasteiger partial charge in [0.25, 0.3) is 0 Å².